The summed E-state index contributed by atoms with van der Waals surface area (Å²) in [5.74, 6) is 2.45. The second-order valence-corrected chi connectivity index (χ2v) is 3.68. The second kappa shape index (κ2) is 7.38. The van der Waals surface area contributed by atoms with E-state index in [2.05, 4.69) is 18.9 Å². The first-order valence-corrected chi connectivity index (χ1v) is 4.93. The molecule has 0 aromatic carbocycles. The summed E-state index contributed by atoms with van der Waals surface area (Å²) in [5.41, 5.74) is 5.39. The van der Waals surface area contributed by atoms with Crippen molar-refractivity contribution in [2.45, 2.75) is 6.92 Å². The Kier molecular flexibility index (Phi) is 7.58. The van der Waals surface area contributed by atoms with Gasteiger partial charge in [-0.1, -0.05) is 6.92 Å². The normalized spacial score (nSPS) is 10.8. The summed E-state index contributed by atoms with van der Waals surface area (Å²) >= 11 is 1.98. The standard InChI is InChI=1S/C7H18N2S/c1-3-10-7-6-9(2)5-4-8/h3-8H2,1-2H3. The van der Waals surface area contributed by atoms with Crippen LogP contribution >= 0.6 is 11.8 Å². The van der Waals surface area contributed by atoms with Crippen molar-refractivity contribution in [1.82, 2.24) is 4.90 Å². The van der Waals surface area contributed by atoms with Crippen LogP contribution in [0.1, 0.15) is 6.92 Å². The molecule has 0 atom stereocenters. The molecule has 0 aliphatic rings. The monoisotopic (exact) mass is 162 g/mol. The first kappa shape index (κ1) is 10.3. The van der Waals surface area contributed by atoms with Gasteiger partial charge in [-0.15, -0.1) is 0 Å². The van der Waals surface area contributed by atoms with E-state index < -0.39 is 0 Å². The summed E-state index contributed by atoms with van der Waals surface area (Å²) < 4.78 is 0. The lowest BCUT2D eigenvalue weighted by Crippen LogP contribution is -2.27. The number of rotatable bonds is 6. The molecule has 0 rings (SSSR count). The molecule has 2 N–H and O–H groups in total. The molecule has 0 aromatic heterocycles. The minimum Gasteiger partial charge on any atom is -0.329 e. The van der Waals surface area contributed by atoms with Crippen molar-refractivity contribution >= 4 is 11.8 Å². The number of hydrogen-bond acceptors (Lipinski definition) is 3. The van der Waals surface area contributed by atoms with Crippen LogP contribution in [0, 0.1) is 0 Å². The molecule has 62 valence electrons. The van der Waals surface area contributed by atoms with Gasteiger partial charge in [0.05, 0.1) is 0 Å². The lowest BCUT2D eigenvalue weighted by Gasteiger charge is -2.13. The van der Waals surface area contributed by atoms with Crippen LogP contribution in [0.2, 0.25) is 0 Å². The maximum atomic E-state index is 5.39. The third-order valence-electron chi connectivity index (χ3n) is 1.33. The van der Waals surface area contributed by atoms with Crippen LogP contribution in [0.15, 0.2) is 0 Å². The fraction of sp³-hybridized carbons (Fsp3) is 1.00. The predicted octanol–water partition coefficient (Wildman–Crippen LogP) is 0.630. The summed E-state index contributed by atoms with van der Waals surface area (Å²) in [6.45, 7) is 5.14. The van der Waals surface area contributed by atoms with Gasteiger partial charge in [-0.3, -0.25) is 0 Å². The summed E-state index contributed by atoms with van der Waals surface area (Å²) in [4.78, 5) is 2.27. The number of nitrogens with zero attached hydrogens (tertiary/aromatic N) is 1. The van der Waals surface area contributed by atoms with Crippen molar-refractivity contribution in [3.63, 3.8) is 0 Å². The third-order valence-corrected chi connectivity index (χ3v) is 2.21. The second-order valence-electron chi connectivity index (χ2n) is 2.29. The van der Waals surface area contributed by atoms with Gasteiger partial charge in [0, 0.05) is 25.4 Å². The van der Waals surface area contributed by atoms with Crippen LogP contribution in [-0.4, -0.2) is 43.1 Å². The zero-order valence-corrected chi connectivity index (χ0v) is 7.78. The Morgan fingerprint density at radius 3 is 2.60 bits per heavy atom. The van der Waals surface area contributed by atoms with Gasteiger partial charge in [0.2, 0.25) is 0 Å². The predicted molar refractivity (Wildman–Crippen MR) is 49.6 cm³/mol. The molecule has 0 radical (unpaired) electrons. The fourth-order valence-corrected chi connectivity index (χ4v) is 1.43. The van der Waals surface area contributed by atoms with E-state index in [4.69, 9.17) is 5.73 Å². The molecule has 0 amide bonds. The molecular formula is C7H18N2S. The molecule has 0 aliphatic carbocycles. The first-order chi connectivity index (χ1) is 4.81. The van der Waals surface area contributed by atoms with Crippen molar-refractivity contribution in [3.05, 3.63) is 0 Å². The van der Waals surface area contributed by atoms with Crippen LogP contribution in [-0.2, 0) is 0 Å². The lowest BCUT2D eigenvalue weighted by atomic mass is 10.5. The quantitative estimate of drug-likeness (QED) is 0.581. The van der Waals surface area contributed by atoms with E-state index in [9.17, 15) is 0 Å². The van der Waals surface area contributed by atoms with Crippen LogP contribution < -0.4 is 5.73 Å². The summed E-state index contributed by atoms with van der Waals surface area (Å²) in [6.07, 6.45) is 0. The number of nitrogens with two attached hydrogens (primary N) is 1. The SMILES string of the molecule is CCSCCN(C)CCN. The van der Waals surface area contributed by atoms with E-state index in [1.165, 1.54) is 11.5 Å². The van der Waals surface area contributed by atoms with Gasteiger partial charge in [-0.2, -0.15) is 11.8 Å². The maximum Gasteiger partial charge on any atom is 0.0102 e. The van der Waals surface area contributed by atoms with Gasteiger partial charge in [0.25, 0.3) is 0 Å². The van der Waals surface area contributed by atoms with E-state index in [-0.39, 0.29) is 0 Å². The van der Waals surface area contributed by atoms with E-state index in [0.717, 1.165) is 19.6 Å². The van der Waals surface area contributed by atoms with E-state index >= 15 is 0 Å². The Morgan fingerprint density at radius 2 is 2.10 bits per heavy atom. The number of thioether (sulfide) groups is 1. The fourth-order valence-electron chi connectivity index (χ4n) is 0.697. The minimum absolute atomic E-state index is 0.771. The van der Waals surface area contributed by atoms with Gasteiger partial charge in [-0.05, 0) is 12.8 Å². The molecule has 3 heteroatoms. The van der Waals surface area contributed by atoms with Gasteiger partial charge in [-0.25, -0.2) is 0 Å². The molecule has 0 saturated carbocycles. The van der Waals surface area contributed by atoms with Crippen LogP contribution in [0.25, 0.3) is 0 Å². The molecule has 0 aliphatic heterocycles. The van der Waals surface area contributed by atoms with Crippen molar-refractivity contribution < 1.29 is 0 Å². The average molecular weight is 162 g/mol. The molecule has 0 fully saturated rings. The highest BCUT2D eigenvalue weighted by Crippen LogP contribution is 1.97. The zero-order valence-electron chi connectivity index (χ0n) is 6.97. The third kappa shape index (κ3) is 6.39. The Balaban J connectivity index is 2.97. The molecule has 0 aromatic rings. The molecule has 0 heterocycles. The summed E-state index contributed by atoms with van der Waals surface area (Å²) in [7, 11) is 2.11. The Labute approximate surface area is 68.2 Å². The van der Waals surface area contributed by atoms with Crippen molar-refractivity contribution in [2.75, 3.05) is 38.2 Å². The molecule has 0 unspecified atom stereocenters. The molecular weight excluding hydrogens is 144 g/mol. The number of hydrogen-bond donors (Lipinski definition) is 1. The zero-order chi connectivity index (χ0) is 7.82. The minimum atomic E-state index is 0.771. The topological polar surface area (TPSA) is 29.3 Å². The smallest absolute Gasteiger partial charge is 0.0102 e. The number of likely N-dealkylation sites (N-methyl/N-ethyl adjacent to an activating group) is 1. The highest BCUT2D eigenvalue weighted by molar-refractivity contribution is 7.99. The van der Waals surface area contributed by atoms with Crippen LogP contribution in [0.4, 0.5) is 0 Å². The van der Waals surface area contributed by atoms with Crippen LogP contribution in [0.3, 0.4) is 0 Å². The Morgan fingerprint density at radius 1 is 1.40 bits per heavy atom. The van der Waals surface area contributed by atoms with Crippen molar-refractivity contribution in [3.8, 4) is 0 Å². The highest BCUT2D eigenvalue weighted by atomic mass is 32.2. The van der Waals surface area contributed by atoms with E-state index in [1.807, 2.05) is 11.8 Å². The van der Waals surface area contributed by atoms with Gasteiger partial charge >= 0.3 is 0 Å². The van der Waals surface area contributed by atoms with Gasteiger partial charge in [0.1, 0.15) is 0 Å². The summed E-state index contributed by atoms with van der Waals surface area (Å²) in [5, 5.41) is 0. The Hall–Kier alpha value is 0.270. The first-order valence-electron chi connectivity index (χ1n) is 3.77. The molecule has 0 bridgehead atoms. The molecule has 0 spiro atoms. The highest BCUT2D eigenvalue weighted by Gasteiger charge is 1.93. The van der Waals surface area contributed by atoms with Gasteiger partial charge < -0.3 is 10.6 Å². The van der Waals surface area contributed by atoms with E-state index in [1.54, 1.807) is 0 Å². The average Bonchev–Trinajstić information content (AvgIpc) is 1.89. The van der Waals surface area contributed by atoms with Crippen molar-refractivity contribution in [1.29, 1.82) is 0 Å². The summed E-state index contributed by atoms with van der Waals surface area (Å²) in [6, 6.07) is 0. The molecule has 10 heavy (non-hydrogen) atoms. The van der Waals surface area contributed by atoms with Crippen molar-refractivity contribution in [2.24, 2.45) is 5.73 Å². The molecule has 0 saturated heterocycles. The largest absolute Gasteiger partial charge is 0.329 e. The van der Waals surface area contributed by atoms with Crippen LogP contribution in [0.5, 0.6) is 0 Å². The van der Waals surface area contributed by atoms with Gasteiger partial charge in [0.15, 0.2) is 0 Å². The maximum absolute atomic E-state index is 5.39. The molecule has 2 nitrogen and oxygen atoms in total. The lowest BCUT2D eigenvalue weighted by molar-refractivity contribution is 0.366. The Bertz CT molecular complexity index is 68.6. The van der Waals surface area contributed by atoms with E-state index in [0.29, 0.717) is 0 Å².